The fourth-order valence-corrected chi connectivity index (χ4v) is 4.54. The van der Waals surface area contributed by atoms with Gasteiger partial charge in [0.2, 0.25) is 0 Å². The molecule has 0 aromatic carbocycles. The molecule has 1 unspecified atom stereocenters. The molecule has 2 fully saturated rings. The lowest BCUT2D eigenvalue weighted by Gasteiger charge is -2.40. The fourth-order valence-electron chi connectivity index (χ4n) is 4.54. The third kappa shape index (κ3) is 4.49. The predicted octanol–water partition coefficient (Wildman–Crippen LogP) is 3.43. The minimum atomic E-state index is -0.712. The van der Waals surface area contributed by atoms with Gasteiger partial charge in [0.15, 0.2) is 5.75 Å². The Morgan fingerprint density at radius 2 is 1.86 bits per heavy atom. The van der Waals surface area contributed by atoms with Crippen molar-refractivity contribution in [1.82, 2.24) is 15.3 Å². The molecule has 3 heterocycles. The van der Waals surface area contributed by atoms with Gasteiger partial charge in [-0.2, -0.15) is 0 Å². The van der Waals surface area contributed by atoms with Crippen LogP contribution in [0.25, 0.3) is 0 Å². The zero-order chi connectivity index (χ0) is 19.4. The summed E-state index contributed by atoms with van der Waals surface area (Å²) in [5, 5.41) is 3.43. The molecule has 6 nitrogen and oxygen atoms in total. The molecule has 1 atom stereocenters. The largest absolute Gasteiger partial charge is 0.491 e. The Balaban J connectivity index is 0.00000240. The minimum absolute atomic E-state index is 0. The quantitative estimate of drug-likeness (QED) is 0.747. The van der Waals surface area contributed by atoms with Crippen molar-refractivity contribution < 1.29 is 9.47 Å². The van der Waals surface area contributed by atoms with E-state index in [9.17, 15) is 0 Å². The topological polar surface area (TPSA) is 82.3 Å². The van der Waals surface area contributed by atoms with Crippen molar-refractivity contribution in [3.05, 3.63) is 47.9 Å². The van der Waals surface area contributed by atoms with Crippen LogP contribution in [-0.4, -0.2) is 36.3 Å². The van der Waals surface area contributed by atoms with Gasteiger partial charge < -0.3 is 20.5 Å². The molecular weight excluding hydrogens is 388 g/mol. The molecule has 158 valence electrons. The number of nitrogens with zero attached hydrogens (tertiary/aromatic N) is 2. The number of piperidine rings is 1. The van der Waals surface area contributed by atoms with Crippen molar-refractivity contribution in [2.45, 2.75) is 50.2 Å². The number of pyridine rings is 2. The van der Waals surface area contributed by atoms with Gasteiger partial charge in [-0.05, 0) is 81.3 Å². The summed E-state index contributed by atoms with van der Waals surface area (Å²) in [6.45, 7) is 1.93. The summed E-state index contributed by atoms with van der Waals surface area (Å²) in [5.74, 6) is 1.49. The van der Waals surface area contributed by atoms with Crippen LogP contribution in [0.3, 0.4) is 0 Å². The van der Waals surface area contributed by atoms with Gasteiger partial charge in [0.05, 0.1) is 18.3 Å². The molecular formula is C22H31ClN4O2. The Hall–Kier alpha value is -1.89. The van der Waals surface area contributed by atoms with Crippen molar-refractivity contribution in [2.75, 3.05) is 20.2 Å². The highest BCUT2D eigenvalue weighted by Crippen LogP contribution is 2.40. The van der Waals surface area contributed by atoms with E-state index in [0.29, 0.717) is 11.6 Å². The molecule has 1 saturated heterocycles. The summed E-state index contributed by atoms with van der Waals surface area (Å²) in [4.78, 5) is 9.24. The number of hydrogen-bond acceptors (Lipinski definition) is 6. The van der Waals surface area contributed by atoms with Crippen LogP contribution in [0.1, 0.15) is 49.8 Å². The van der Waals surface area contributed by atoms with E-state index < -0.39 is 5.54 Å². The second-order valence-electron chi connectivity index (χ2n) is 7.86. The van der Waals surface area contributed by atoms with Crippen LogP contribution in [0.15, 0.2) is 36.7 Å². The molecule has 1 aliphatic heterocycles. The van der Waals surface area contributed by atoms with Crippen molar-refractivity contribution in [3.63, 3.8) is 0 Å². The van der Waals surface area contributed by atoms with E-state index in [2.05, 4.69) is 16.4 Å². The average Bonchev–Trinajstić information content (AvgIpc) is 3.27. The van der Waals surface area contributed by atoms with Crippen LogP contribution >= 0.6 is 12.4 Å². The molecule has 2 aromatic rings. The Kier molecular flexibility index (Phi) is 7.33. The molecule has 2 aromatic heterocycles. The van der Waals surface area contributed by atoms with Gasteiger partial charge in [-0.1, -0.05) is 6.07 Å². The zero-order valence-corrected chi connectivity index (χ0v) is 17.8. The molecule has 0 spiro atoms. The van der Waals surface area contributed by atoms with E-state index in [-0.39, 0.29) is 24.4 Å². The van der Waals surface area contributed by atoms with Crippen LogP contribution in [0.4, 0.5) is 0 Å². The smallest absolute Gasteiger partial charge is 0.257 e. The maximum atomic E-state index is 7.16. The monoisotopic (exact) mass is 418 g/mol. The number of rotatable bonds is 6. The number of halogens is 1. The van der Waals surface area contributed by atoms with Crippen molar-refractivity contribution >= 4 is 12.4 Å². The van der Waals surface area contributed by atoms with Crippen molar-refractivity contribution in [1.29, 1.82) is 0 Å². The van der Waals surface area contributed by atoms with Crippen molar-refractivity contribution in [3.8, 4) is 11.6 Å². The molecule has 3 N–H and O–H groups in total. The van der Waals surface area contributed by atoms with E-state index in [0.717, 1.165) is 50.0 Å². The lowest BCUT2D eigenvalue weighted by Crippen LogP contribution is -2.49. The van der Waals surface area contributed by atoms with Gasteiger partial charge in [-0.15, -0.1) is 12.4 Å². The number of nitrogens with two attached hydrogens (primary N) is 1. The number of hydrogen-bond donors (Lipinski definition) is 2. The molecule has 7 heteroatoms. The third-order valence-corrected chi connectivity index (χ3v) is 6.17. The standard InChI is InChI=1S/C22H30N4O2.ClH/c1-27-19-8-9-20(26-21(19)28-18-6-2-3-7-18)22(23,16-10-13-24-14-11-16)17-5-4-12-25-15-17;/h4-5,8-9,12,15-16,18,24H,2-3,6-7,10-11,13-14,23H2,1H3;1H. The normalized spacial score (nSPS) is 19.9. The van der Waals surface area contributed by atoms with Crippen LogP contribution < -0.4 is 20.5 Å². The molecule has 1 saturated carbocycles. The summed E-state index contributed by atoms with van der Waals surface area (Å²) in [6, 6.07) is 7.91. The van der Waals surface area contributed by atoms with E-state index in [1.807, 2.05) is 24.4 Å². The van der Waals surface area contributed by atoms with Gasteiger partial charge in [0, 0.05) is 12.4 Å². The first-order chi connectivity index (χ1) is 13.7. The second kappa shape index (κ2) is 9.74. The van der Waals surface area contributed by atoms with E-state index >= 15 is 0 Å². The number of aromatic nitrogens is 2. The van der Waals surface area contributed by atoms with Gasteiger partial charge >= 0.3 is 0 Å². The van der Waals surface area contributed by atoms with E-state index in [1.54, 1.807) is 13.3 Å². The summed E-state index contributed by atoms with van der Waals surface area (Å²) in [6.07, 6.45) is 10.4. The zero-order valence-electron chi connectivity index (χ0n) is 17.0. The highest BCUT2D eigenvalue weighted by atomic mass is 35.5. The molecule has 0 radical (unpaired) electrons. The minimum Gasteiger partial charge on any atom is -0.491 e. The molecule has 0 bridgehead atoms. The maximum Gasteiger partial charge on any atom is 0.257 e. The molecule has 29 heavy (non-hydrogen) atoms. The summed E-state index contributed by atoms with van der Waals surface area (Å²) >= 11 is 0. The first-order valence-electron chi connectivity index (χ1n) is 10.3. The summed E-state index contributed by atoms with van der Waals surface area (Å²) in [5.41, 5.74) is 8.26. The molecule has 2 aliphatic rings. The number of ether oxygens (including phenoxy) is 2. The highest BCUT2D eigenvalue weighted by Gasteiger charge is 2.41. The summed E-state index contributed by atoms with van der Waals surface area (Å²) in [7, 11) is 1.65. The third-order valence-electron chi connectivity index (χ3n) is 6.17. The Morgan fingerprint density at radius 1 is 1.10 bits per heavy atom. The summed E-state index contributed by atoms with van der Waals surface area (Å²) < 4.78 is 11.8. The van der Waals surface area contributed by atoms with Gasteiger partial charge in [-0.25, -0.2) is 4.98 Å². The highest BCUT2D eigenvalue weighted by molar-refractivity contribution is 5.85. The van der Waals surface area contributed by atoms with Crippen LogP contribution in [0.5, 0.6) is 11.6 Å². The first-order valence-corrected chi connectivity index (χ1v) is 10.3. The van der Waals surface area contributed by atoms with Crippen molar-refractivity contribution in [2.24, 2.45) is 11.7 Å². The fraction of sp³-hybridized carbons (Fsp3) is 0.545. The van der Waals surface area contributed by atoms with Crippen LogP contribution in [0.2, 0.25) is 0 Å². The molecule has 0 amide bonds. The number of methoxy groups -OCH3 is 1. The average molecular weight is 419 g/mol. The van der Waals surface area contributed by atoms with E-state index in [1.165, 1.54) is 12.8 Å². The van der Waals surface area contributed by atoms with E-state index in [4.69, 9.17) is 20.2 Å². The Morgan fingerprint density at radius 3 is 2.52 bits per heavy atom. The maximum absolute atomic E-state index is 7.16. The lowest BCUT2D eigenvalue weighted by molar-refractivity contribution is 0.188. The Labute approximate surface area is 179 Å². The van der Waals surface area contributed by atoms with Crippen LogP contribution in [0, 0.1) is 5.92 Å². The van der Waals surface area contributed by atoms with Gasteiger partial charge in [-0.3, -0.25) is 4.98 Å². The SMILES string of the molecule is COc1ccc(C(N)(c2cccnc2)C2CCNCC2)nc1OC1CCCC1.Cl. The van der Waals surface area contributed by atoms with Crippen LogP contribution in [-0.2, 0) is 5.54 Å². The first kappa shape index (κ1) is 21.8. The van der Waals surface area contributed by atoms with Gasteiger partial charge in [0.25, 0.3) is 5.88 Å². The molecule has 4 rings (SSSR count). The lowest BCUT2D eigenvalue weighted by atomic mass is 9.72. The second-order valence-corrected chi connectivity index (χ2v) is 7.86. The van der Waals surface area contributed by atoms with Gasteiger partial charge in [0.1, 0.15) is 6.10 Å². The predicted molar refractivity (Wildman–Crippen MR) is 116 cm³/mol. The number of nitrogens with one attached hydrogen (secondary N) is 1. The molecule has 1 aliphatic carbocycles. The Bertz CT molecular complexity index is 780.